The molecule has 0 aliphatic rings. The molecule has 0 saturated carbocycles. The van der Waals surface area contributed by atoms with Gasteiger partial charge in [-0.3, -0.25) is 4.98 Å². The fourth-order valence-electron chi connectivity index (χ4n) is 1.61. The first-order chi connectivity index (χ1) is 7.94. The lowest BCUT2D eigenvalue weighted by atomic mass is 10.1. The lowest BCUT2D eigenvalue weighted by Crippen LogP contribution is -2.24. The third-order valence-corrected chi connectivity index (χ3v) is 3.38. The number of hydrogen-bond acceptors (Lipinski definition) is 4. The lowest BCUT2D eigenvalue weighted by Gasteiger charge is -2.18. The van der Waals surface area contributed by atoms with Gasteiger partial charge in [-0.25, -0.2) is 12.8 Å². The quantitative estimate of drug-likeness (QED) is 0.837. The highest BCUT2D eigenvalue weighted by molar-refractivity contribution is 7.90. The molecule has 0 aromatic carbocycles. The van der Waals surface area contributed by atoms with E-state index in [4.69, 9.17) is 0 Å². The average molecular weight is 260 g/mol. The fourth-order valence-corrected chi connectivity index (χ4v) is 2.28. The molecule has 0 saturated heterocycles. The van der Waals surface area contributed by atoms with Crippen molar-refractivity contribution in [1.29, 1.82) is 0 Å². The zero-order chi connectivity index (χ0) is 12.9. The number of halogens is 1. The highest BCUT2D eigenvalue weighted by Crippen LogP contribution is 2.19. The van der Waals surface area contributed by atoms with Crippen LogP contribution in [-0.4, -0.2) is 32.0 Å². The minimum Gasteiger partial charge on any atom is -0.310 e. The molecule has 96 valence electrons. The Hall–Kier alpha value is -1.01. The molecule has 0 bridgehead atoms. The van der Waals surface area contributed by atoms with Gasteiger partial charge in [0.2, 0.25) is 0 Å². The van der Waals surface area contributed by atoms with Crippen LogP contribution in [0.5, 0.6) is 0 Å². The molecule has 1 aromatic rings. The van der Waals surface area contributed by atoms with Gasteiger partial charge >= 0.3 is 0 Å². The molecule has 4 nitrogen and oxygen atoms in total. The predicted molar refractivity (Wildman–Crippen MR) is 64.9 cm³/mol. The Balaban J connectivity index is 2.82. The van der Waals surface area contributed by atoms with E-state index in [2.05, 4.69) is 10.3 Å². The summed E-state index contributed by atoms with van der Waals surface area (Å²) in [4.78, 5) is 3.68. The van der Waals surface area contributed by atoms with E-state index in [0.29, 0.717) is 18.5 Å². The summed E-state index contributed by atoms with van der Waals surface area (Å²) in [6.07, 6.45) is 4.18. The van der Waals surface area contributed by atoms with E-state index in [-0.39, 0.29) is 11.8 Å². The van der Waals surface area contributed by atoms with Gasteiger partial charge < -0.3 is 5.32 Å². The number of nitrogens with one attached hydrogen (secondary N) is 1. The molecule has 0 aliphatic carbocycles. The molecule has 1 heterocycles. The third-order valence-electron chi connectivity index (χ3n) is 2.41. The Morgan fingerprint density at radius 1 is 1.53 bits per heavy atom. The predicted octanol–water partition coefficient (Wildman–Crippen LogP) is 1.31. The molecule has 1 atom stereocenters. The summed E-state index contributed by atoms with van der Waals surface area (Å²) in [5, 5.41) is 3.08. The number of aromatic nitrogens is 1. The molecule has 0 spiro atoms. The van der Waals surface area contributed by atoms with Crippen molar-refractivity contribution in [3.05, 3.63) is 29.8 Å². The number of rotatable bonds is 6. The zero-order valence-corrected chi connectivity index (χ0v) is 10.8. The fraction of sp³-hybridized carbons (Fsp3) is 0.545. The molecule has 1 aromatic heterocycles. The van der Waals surface area contributed by atoms with Crippen LogP contribution in [0.4, 0.5) is 4.39 Å². The summed E-state index contributed by atoms with van der Waals surface area (Å²) in [6, 6.07) is 1.28. The van der Waals surface area contributed by atoms with Crippen LogP contribution in [0.2, 0.25) is 0 Å². The maximum atomic E-state index is 13.5. The molecule has 6 heteroatoms. The molecular weight excluding hydrogens is 243 g/mol. The van der Waals surface area contributed by atoms with Gasteiger partial charge in [-0.2, -0.15) is 0 Å². The molecule has 0 fully saturated rings. The van der Waals surface area contributed by atoms with Crippen molar-refractivity contribution in [2.45, 2.75) is 19.4 Å². The van der Waals surface area contributed by atoms with E-state index < -0.39 is 15.7 Å². The van der Waals surface area contributed by atoms with Gasteiger partial charge in [-0.15, -0.1) is 0 Å². The second-order valence-electron chi connectivity index (χ2n) is 3.93. The van der Waals surface area contributed by atoms with Crippen LogP contribution in [0, 0.1) is 5.82 Å². The highest BCUT2D eigenvalue weighted by Gasteiger charge is 2.16. The summed E-state index contributed by atoms with van der Waals surface area (Å²) in [6.45, 7) is 2.54. The van der Waals surface area contributed by atoms with Crippen molar-refractivity contribution in [3.63, 3.8) is 0 Å². The van der Waals surface area contributed by atoms with Crippen molar-refractivity contribution in [2.24, 2.45) is 0 Å². The lowest BCUT2D eigenvalue weighted by molar-refractivity contribution is 0.496. The van der Waals surface area contributed by atoms with Crippen molar-refractivity contribution >= 4 is 9.84 Å². The molecule has 0 aliphatic heterocycles. The Kier molecular flexibility index (Phi) is 5.02. The Labute approximate surface area is 101 Å². The minimum absolute atomic E-state index is 0.0342. The van der Waals surface area contributed by atoms with Crippen molar-refractivity contribution in [3.8, 4) is 0 Å². The summed E-state index contributed by atoms with van der Waals surface area (Å²) < 4.78 is 35.8. The zero-order valence-electron chi connectivity index (χ0n) is 9.98. The largest absolute Gasteiger partial charge is 0.310 e. The van der Waals surface area contributed by atoms with Crippen LogP contribution < -0.4 is 5.32 Å². The molecular formula is C11H17FN2O2S. The molecule has 1 rings (SSSR count). The Bertz CT molecular complexity index is 462. The summed E-state index contributed by atoms with van der Waals surface area (Å²) in [5.41, 5.74) is 0.463. The first-order valence-electron chi connectivity index (χ1n) is 5.44. The van der Waals surface area contributed by atoms with Crippen LogP contribution >= 0.6 is 0 Å². The van der Waals surface area contributed by atoms with Crippen LogP contribution in [-0.2, 0) is 9.84 Å². The van der Waals surface area contributed by atoms with Gasteiger partial charge in [0.05, 0.1) is 11.9 Å². The average Bonchev–Trinajstić information content (AvgIpc) is 2.24. The van der Waals surface area contributed by atoms with Crippen molar-refractivity contribution < 1.29 is 12.8 Å². The number of nitrogens with zero attached hydrogens (tertiary/aromatic N) is 1. The topological polar surface area (TPSA) is 59.1 Å². The van der Waals surface area contributed by atoms with Crippen LogP contribution in [0.15, 0.2) is 18.5 Å². The molecule has 0 amide bonds. The molecule has 17 heavy (non-hydrogen) atoms. The van der Waals surface area contributed by atoms with E-state index >= 15 is 0 Å². The maximum absolute atomic E-state index is 13.5. The van der Waals surface area contributed by atoms with Crippen molar-refractivity contribution in [2.75, 3.05) is 18.6 Å². The van der Waals surface area contributed by atoms with E-state index in [1.54, 1.807) is 6.07 Å². The van der Waals surface area contributed by atoms with Gasteiger partial charge in [0.1, 0.15) is 15.7 Å². The van der Waals surface area contributed by atoms with Gasteiger partial charge in [-0.1, -0.05) is 6.92 Å². The number of pyridine rings is 1. The monoisotopic (exact) mass is 260 g/mol. The number of sulfone groups is 1. The normalized spacial score (nSPS) is 13.6. The minimum atomic E-state index is -3.04. The molecule has 0 radical (unpaired) electrons. The van der Waals surface area contributed by atoms with Gasteiger partial charge in [0.25, 0.3) is 0 Å². The van der Waals surface area contributed by atoms with E-state index in [1.165, 1.54) is 12.5 Å². The number of hydrogen-bond donors (Lipinski definition) is 1. The highest BCUT2D eigenvalue weighted by atomic mass is 32.2. The first-order valence-corrected chi connectivity index (χ1v) is 7.50. The Morgan fingerprint density at radius 3 is 2.76 bits per heavy atom. The van der Waals surface area contributed by atoms with E-state index in [1.807, 2.05) is 6.92 Å². The summed E-state index contributed by atoms with van der Waals surface area (Å²) in [5.74, 6) is -0.376. The van der Waals surface area contributed by atoms with E-state index in [9.17, 15) is 12.8 Å². The van der Waals surface area contributed by atoms with Gasteiger partial charge in [-0.05, 0) is 19.0 Å². The summed E-state index contributed by atoms with van der Waals surface area (Å²) >= 11 is 0. The van der Waals surface area contributed by atoms with E-state index in [0.717, 1.165) is 6.20 Å². The van der Waals surface area contributed by atoms with Gasteiger partial charge in [0.15, 0.2) is 0 Å². The molecule has 1 N–H and O–H groups in total. The Morgan fingerprint density at radius 2 is 2.24 bits per heavy atom. The standard InChI is InChI=1S/C11H17FN2O2S/c1-3-14-11(5-7-17(2,15)16)9-4-6-13-8-10(9)12/h4,6,8,11,14H,3,5,7H2,1-2H3. The first kappa shape index (κ1) is 14.1. The smallest absolute Gasteiger partial charge is 0.147 e. The third kappa shape index (κ3) is 4.79. The van der Waals surface area contributed by atoms with Crippen LogP contribution in [0.25, 0.3) is 0 Å². The SMILES string of the molecule is CCNC(CCS(C)(=O)=O)c1ccncc1F. The second kappa shape index (κ2) is 6.07. The molecule has 1 unspecified atom stereocenters. The van der Waals surface area contributed by atoms with Crippen molar-refractivity contribution in [1.82, 2.24) is 10.3 Å². The second-order valence-corrected chi connectivity index (χ2v) is 6.19. The van der Waals surface area contributed by atoms with Gasteiger partial charge in [0, 0.05) is 24.1 Å². The van der Waals surface area contributed by atoms with Crippen LogP contribution in [0.1, 0.15) is 24.9 Å². The van der Waals surface area contributed by atoms with Crippen LogP contribution in [0.3, 0.4) is 0 Å². The maximum Gasteiger partial charge on any atom is 0.147 e. The summed E-state index contributed by atoms with van der Waals surface area (Å²) in [7, 11) is -3.04.